The molecule has 2 N–H and O–H groups in total. The molecule has 0 aliphatic carbocycles. The molecule has 1 heterocycles. The maximum atomic E-state index is 12.0. The fourth-order valence-electron chi connectivity index (χ4n) is 1.40. The van der Waals surface area contributed by atoms with Gasteiger partial charge in [-0.15, -0.1) is 4.83 Å². The van der Waals surface area contributed by atoms with Crippen LogP contribution in [0.4, 0.5) is 0 Å². The Morgan fingerprint density at radius 1 is 1.18 bits per heavy atom. The van der Waals surface area contributed by atoms with Crippen LogP contribution in [0.3, 0.4) is 0 Å². The van der Waals surface area contributed by atoms with E-state index in [2.05, 4.69) is 26.3 Å². The zero-order valence-electron chi connectivity index (χ0n) is 10.7. The molecule has 0 bridgehead atoms. The first-order valence-corrected chi connectivity index (χ1v) is 8.71. The Kier molecular flexibility index (Phi) is 5.41. The number of sulfonamides is 1. The van der Waals surface area contributed by atoms with E-state index < -0.39 is 15.9 Å². The molecule has 2 aromatic rings. The minimum Gasteiger partial charge on any atom is -0.273 e. The topological polar surface area (TPSA) is 88.2 Å². The fourth-order valence-corrected chi connectivity index (χ4v) is 2.80. The molecule has 0 saturated heterocycles. The summed E-state index contributed by atoms with van der Waals surface area (Å²) in [4.78, 5) is 17.2. The van der Waals surface area contributed by atoms with E-state index in [9.17, 15) is 13.2 Å². The monoisotopic (exact) mass is 423 g/mol. The maximum Gasteiger partial charge on any atom is 0.266 e. The molecule has 1 aromatic heterocycles. The molecule has 22 heavy (non-hydrogen) atoms. The summed E-state index contributed by atoms with van der Waals surface area (Å²) >= 11 is 14.6. The number of amides is 1. The normalized spacial score (nSPS) is 11.2. The van der Waals surface area contributed by atoms with Gasteiger partial charge in [0.15, 0.2) is 0 Å². The quantitative estimate of drug-likeness (QED) is 0.583. The molecule has 2 rings (SSSR count). The Bertz CT molecular complexity index is 813. The Morgan fingerprint density at radius 2 is 1.82 bits per heavy atom. The number of carbonyl (C=O) groups excluding carboxylic acids is 1. The number of benzene rings is 1. The first-order chi connectivity index (χ1) is 10.3. The van der Waals surface area contributed by atoms with E-state index in [1.807, 2.05) is 4.83 Å². The lowest BCUT2D eigenvalue weighted by atomic mass is 10.2. The van der Waals surface area contributed by atoms with E-state index in [0.717, 1.165) is 16.7 Å². The zero-order chi connectivity index (χ0) is 16.3. The number of hydrogen-bond acceptors (Lipinski definition) is 4. The summed E-state index contributed by atoms with van der Waals surface area (Å²) in [5, 5.41) is -0.0247. The third kappa shape index (κ3) is 4.17. The SMILES string of the molecule is O=C(NNS(=O)(=O)c1cnc(Cl)c(Cl)c1)c1ccc(Br)cc1. The van der Waals surface area contributed by atoms with Crippen LogP contribution < -0.4 is 10.3 Å². The van der Waals surface area contributed by atoms with Crippen LogP contribution >= 0.6 is 39.1 Å². The van der Waals surface area contributed by atoms with Crippen LogP contribution in [-0.2, 0) is 10.0 Å². The van der Waals surface area contributed by atoms with Crippen molar-refractivity contribution in [3.8, 4) is 0 Å². The third-order valence-electron chi connectivity index (χ3n) is 2.49. The van der Waals surface area contributed by atoms with Gasteiger partial charge in [0.25, 0.3) is 15.9 Å². The lowest BCUT2D eigenvalue weighted by molar-refractivity contribution is 0.0945. The van der Waals surface area contributed by atoms with Crippen molar-refractivity contribution in [1.82, 2.24) is 15.2 Å². The number of nitrogens with one attached hydrogen (secondary N) is 2. The number of aromatic nitrogens is 1. The van der Waals surface area contributed by atoms with E-state index >= 15 is 0 Å². The van der Waals surface area contributed by atoms with Gasteiger partial charge < -0.3 is 0 Å². The molecule has 0 aliphatic rings. The van der Waals surface area contributed by atoms with Gasteiger partial charge in [-0.05, 0) is 30.3 Å². The van der Waals surface area contributed by atoms with Gasteiger partial charge in [-0.25, -0.2) is 13.4 Å². The molecule has 0 aliphatic heterocycles. The summed E-state index contributed by atoms with van der Waals surface area (Å²) in [7, 11) is -4.01. The number of rotatable bonds is 4. The maximum absolute atomic E-state index is 12.0. The molecule has 1 aromatic carbocycles. The van der Waals surface area contributed by atoms with Gasteiger partial charge in [-0.2, -0.15) is 0 Å². The van der Waals surface area contributed by atoms with E-state index in [-0.39, 0.29) is 20.6 Å². The minimum atomic E-state index is -4.01. The summed E-state index contributed by atoms with van der Waals surface area (Å²) in [6.07, 6.45) is 1.03. The number of carbonyl (C=O) groups is 1. The zero-order valence-corrected chi connectivity index (χ0v) is 14.6. The molecule has 10 heteroatoms. The highest BCUT2D eigenvalue weighted by molar-refractivity contribution is 9.10. The summed E-state index contributed by atoms with van der Waals surface area (Å²) in [5.41, 5.74) is 2.39. The van der Waals surface area contributed by atoms with Gasteiger partial charge in [-0.3, -0.25) is 10.2 Å². The van der Waals surface area contributed by atoms with Gasteiger partial charge in [0, 0.05) is 16.2 Å². The number of pyridine rings is 1. The molecule has 116 valence electrons. The number of hydrogen-bond donors (Lipinski definition) is 2. The number of halogens is 3. The van der Waals surface area contributed by atoms with Gasteiger partial charge in [0.05, 0.1) is 5.02 Å². The van der Waals surface area contributed by atoms with Crippen molar-refractivity contribution in [3.05, 3.63) is 56.7 Å². The first-order valence-electron chi connectivity index (χ1n) is 5.68. The predicted octanol–water partition coefficient (Wildman–Crippen LogP) is 2.77. The lowest BCUT2D eigenvalue weighted by Gasteiger charge is -2.09. The van der Waals surface area contributed by atoms with Crippen molar-refractivity contribution >= 4 is 55.1 Å². The average Bonchev–Trinajstić information content (AvgIpc) is 2.48. The van der Waals surface area contributed by atoms with Crippen LogP contribution in [0.1, 0.15) is 10.4 Å². The average molecular weight is 425 g/mol. The lowest BCUT2D eigenvalue weighted by Crippen LogP contribution is -2.41. The van der Waals surface area contributed by atoms with Crippen LogP contribution in [0, 0.1) is 0 Å². The van der Waals surface area contributed by atoms with Crippen molar-refractivity contribution in [3.63, 3.8) is 0 Å². The minimum absolute atomic E-state index is 0.0104. The second-order valence-corrected chi connectivity index (χ2v) is 7.37. The molecule has 0 saturated carbocycles. The molecule has 0 radical (unpaired) electrons. The molecular weight excluding hydrogens is 417 g/mol. The van der Waals surface area contributed by atoms with Crippen molar-refractivity contribution in [2.75, 3.05) is 0 Å². The van der Waals surface area contributed by atoms with Crippen molar-refractivity contribution in [1.29, 1.82) is 0 Å². The van der Waals surface area contributed by atoms with E-state index in [1.165, 1.54) is 12.1 Å². The van der Waals surface area contributed by atoms with Crippen molar-refractivity contribution < 1.29 is 13.2 Å². The highest BCUT2D eigenvalue weighted by Gasteiger charge is 2.17. The van der Waals surface area contributed by atoms with Crippen LogP contribution in [0.2, 0.25) is 10.2 Å². The van der Waals surface area contributed by atoms with E-state index in [4.69, 9.17) is 23.2 Å². The Balaban J connectivity index is 2.10. The van der Waals surface area contributed by atoms with Gasteiger partial charge in [-0.1, -0.05) is 39.1 Å². The van der Waals surface area contributed by atoms with Crippen LogP contribution in [-0.4, -0.2) is 19.3 Å². The van der Waals surface area contributed by atoms with Crippen LogP contribution in [0.15, 0.2) is 45.9 Å². The largest absolute Gasteiger partial charge is 0.273 e. The van der Waals surface area contributed by atoms with E-state index in [1.54, 1.807) is 12.1 Å². The molecular formula is C12H8BrCl2N3O3S. The highest BCUT2D eigenvalue weighted by atomic mass is 79.9. The molecule has 0 atom stereocenters. The highest BCUT2D eigenvalue weighted by Crippen LogP contribution is 2.21. The second kappa shape index (κ2) is 6.93. The van der Waals surface area contributed by atoms with Gasteiger partial charge in [0.2, 0.25) is 0 Å². The standard InChI is InChI=1S/C12H8BrCl2N3O3S/c13-8-3-1-7(2-4-8)12(19)17-18-22(20,21)9-5-10(14)11(15)16-6-9/h1-6,18H,(H,17,19). The molecule has 1 amide bonds. The van der Waals surface area contributed by atoms with Crippen molar-refractivity contribution in [2.45, 2.75) is 4.90 Å². The summed E-state index contributed by atoms with van der Waals surface area (Å²) in [6, 6.07) is 7.52. The Labute approximate surface area is 145 Å². The summed E-state index contributed by atoms with van der Waals surface area (Å²) in [6.45, 7) is 0. The van der Waals surface area contributed by atoms with Crippen LogP contribution in [0.25, 0.3) is 0 Å². The summed E-state index contributed by atoms with van der Waals surface area (Å²) in [5.74, 6) is -0.607. The Morgan fingerprint density at radius 3 is 2.41 bits per heavy atom. The smallest absolute Gasteiger partial charge is 0.266 e. The second-order valence-electron chi connectivity index (χ2n) is 4.01. The molecule has 0 fully saturated rings. The number of hydrazine groups is 1. The molecule has 0 spiro atoms. The summed E-state index contributed by atoms with van der Waals surface area (Å²) < 4.78 is 24.8. The fraction of sp³-hybridized carbons (Fsp3) is 0. The van der Waals surface area contributed by atoms with Gasteiger partial charge in [0.1, 0.15) is 10.0 Å². The van der Waals surface area contributed by atoms with Gasteiger partial charge >= 0.3 is 0 Å². The third-order valence-corrected chi connectivity index (χ3v) is 4.92. The van der Waals surface area contributed by atoms with Crippen LogP contribution in [0.5, 0.6) is 0 Å². The number of nitrogens with zero attached hydrogens (tertiary/aromatic N) is 1. The first kappa shape index (κ1) is 17.2. The molecule has 6 nitrogen and oxygen atoms in total. The Hall–Kier alpha value is -1.19. The van der Waals surface area contributed by atoms with Crippen molar-refractivity contribution in [2.24, 2.45) is 0 Å². The molecule has 0 unspecified atom stereocenters. The van der Waals surface area contributed by atoms with E-state index in [0.29, 0.717) is 0 Å². The predicted molar refractivity (Wildman–Crippen MR) is 86.2 cm³/mol.